The molecule has 0 radical (unpaired) electrons. The van der Waals surface area contributed by atoms with Crippen LogP contribution in [0.2, 0.25) is 5.02 Å². The van der Waals surface area contributed by atoms with Gasteiger partial charge in [0, 0.05) is 23.9 Å². The normalized spacial score (nSPS) is 20.1. The number of carbonyl (C=O) groups is 1. The smallest absolute Gasteiger partial charge is 0.256 e. The minimum Gasteiger partial charge on any atom is -0.331 e. The summed E-state index contributed by atoms with van der Waals surface area (Å²) >= 11 is 5.99. The van der Waals surface area contributed by atoms with E-state index in [2.05, 4.69) is 0 Å². The molecule has 108 valence electrons. The molecule has 1 heterocycles. The van der Waals surface area contributed by atoms with E-state index in [1.54, 1.807) is 11.0 Å². The molecule has 1 aromatic rings. The first-order valence-corrected chi connectivity index (χ1v) is 8.89. The molecule has 0 bridgehead atoms. The zero-order valence-electron chi connectivity index (χ0n) is 11.4. The molecule has 0 saturated heterocycles. The first-order valence-electron chi connectivity index (χ1n) is 6.62. The number of halogens is 1. The van der Waals surface area contributed by atoms with Crippen LogP contribution in [0.1, 0.15) is 35.7 Å². The summed E-state index contributed by atoms with van der Waals surface area (Å²) in [5, 5.41) is 0.359. The molecule has 0 unspecified atom stereocenters. The van der Waals surface area contributed by atoms with Gasteiger partial charge in [-0.3, -0.25) is 4.79 Å². The van der Waals surface area contributed by atoms with Gasteiger partial charge in [0.2, 0.25) is 0 Å². The second-order valence-electron chi connectivity index (χ2n) is 5.72. The number of carbonyl (C=O) groups excluding carboxylic acids is 1. The van der Waals surface area contributed by atoms with Gasteiger partial charge in [-0.2, -0.15) is 0 Å². The Morgan fingerprint density at radius 1 is 1.35 bits per heavy atom. The van der Waals surface area contributed by atoms with Gasteiger partial charge in [-0.1, -0.05) is 11.6 Å². The van der Waals surface area contributed by atoms with Gasteiger partial charge >= 0.3 is 0 Å². The number of sulfone groups is 1. The highest BCUT2D eigenvalue weighted by atomic mass is 35.5. The van der Waals surface area contributed by atoms with Crippen LogP contribution in [0.3, 0.4) is 0 Å². The summed E-state index contributed by atoms with van der Waals surface area (Å²) < 4.78 is 23.8. The lowest BCUT2D eigenvalue weighted by Crippen LogP contribution is -2.35. The maximum Gasteiger partial charge on any atom is 0.256 e. The van der Waals surface area contributed by atoms with E-state index in [-0.39, 0.29) is 16.8 Å². The Hall–Kier alpha value is -1.07. The fraction of sp³-hybridized carbons (Fsp3) is 0.500. The van der Waals surface area contributed by atoms with Gasteiger partial charge in [-0.05, 0) is 43.4 Å². The van der Waals surface area contributed by atoms with Crippen molar-refractivity contribution < 1.29 is 13.2 Å². The summed E-state index contributed by atoms with van der Waals surface area (Å²) in [6, 6.07) is 3.23. The molecule has 1 saturated carbocycles. The Bertz CT molecular complexity index is 695. The standard InChI is InChI=1S/C14H16ClNO3S/c1-8(9-3-4-9)16-7-10-5-11(15)6-12(20(2,18)19)13(10)14(16)17/h5-6,8-9H,3-4,7H2,1-2H3/t8-/m0/s1. The van der Waals surface area contributed by atoms with Crippen LogP contribution >= 0.6 is 11.6 Å². The van der Waals surface area contributed by atoms with Crippen molar-refractivity contribution in [3.63, 3.8) is 0 Å². The molecule has 0 spiro atoms. The monoisotopic (exact) mass is 313 g/mol. The zero-order valence-corrected chi connectivity index (χ0v) is 13.0. The molecular weight excluding hydrogens is 298 g/mol. The minimum absolute atomic E-state index is 0.0514. The number of hydrogen-bond acceptors (Lipinski definition) is 3. The second-order valence-corrected chi connectivity index (χ2v) is 8.14. The second kappa shape index (κ2) is 4.46. The van der Waals surface area contributed by atoms with E-state index in [0.717, 1.165) is 24.7 Å². The molecule has 1 amide bonds. The summed E-state index contributed by atoms with van der Waals surface area (Å²) in [4.78, 5) is 14.4. The van der Waals surface area contributed by atoms with E-state index in [9.17, 15) is 13.2 Å². The average molecular weight is 314 g/mol. The van der Waals surface area contributed by atoms with Crippen LogP contribution in [0.4, 0.5) is 0 Å². The van der Waals surface area contributed by atoms with E-state index in [1.807, 2.05) is 6.92 Å². The Kier molecular flexibility index (Phi) is 3.10. The Morgan fingerprint density at radius 2 is 2.00 bits per heavy atom. The van der Waals surface area contributed by atoms with Crippen molar-refractivity contribution in [2.24, 2.45) is 5.92 Å². The lowest BCUT2D eigenvalue weighted by molar-refractivity contribution is 0.0695. The largest absolute Gasteiger partial charge is 0.331 e. The van der Waals surface area contributed by atoms with Crippen molar-refractivity contribution in [2.75, 3.05) is 6.26 Å². The summed E-state index contributed by atoms with van der Waals surface area (Å²) in [6.07, 6.45) is 3.39. The van der Waals surface area contributed by atoms with Crippen LogP contribution < -0.4 is 0 Å². The van der Waals surface area contributed by atoms with Gasteiger partial charge in [0.1, 0.15) is 0 Å². The summed E-state index contributed by atoms with van der Waals surface area (Å²) in [7, 11) is -3.47. The van der Waals surface area contributed by atoms with Crippen LogP contribution in [0.25, 0.3) is 0 Å². The number of hydrogen-bond donors (Lipinski definition) is 0. The van der Waals surface area contributed by atoms with Crippen molar-refractivity contribution in [3.8, 4) is 0 Å². The molecule has 2 aliphatic rings. The minimum atomic E-state index is -3.47. The number of fused-ring (bicyclic) bond motifs is 1. The van der Waals surface area contributed by atoms with Crippen molar-refractivity contribution in [2.45, 2.75) is 37.2 Å². The average Bonchev–Trinajstić information content (AvgIpc) is 3.12. The molecule has 4 nitrogen and oxygen atoms in total. The highest BCUT2D eigenvalue weighted by molar-refractivity contribution is 7.90. The molecule has 1 atom stereocenters. The molecule has 3 rings (SSSR count). The van der Waals surface area contributed by atoms with Gasteiger partial charge in [0.15, 0.2) is 9.84 Å². The van der Waals surface area contributed by atoms with Crippen LogP contribution in [0, 0.1) is 5.92 Å². The van der Waals surface area contributed by atoms with E-state index in [1.165, 1.54) is 6.07 Å². The van der Waals surface area contributed by atoms with Crippen LogP contribution in [0.15, 0.2) is 17.0 Å². The van der Waals surface area contributed by atoms with E-state index in [4.69, 9.17) is 11.6 Å². The molecule has 6 heteroatoms. The molecule has 20 heavy (non-hydrogen) atoms. The van der Waals surface area contributed by atoms with Gasteiger partial charge in [-0.15, -0.1) is 0 Å². The molecule has 0 aromatic heterocycles. The third-order valence-corrected chi connectivity index (χ3v) is 5.50. The van der Waals surface area contributed by atoms with E-state index < -0.39 is 9.84 Å². The predicted molar refractivity (Wildman–Crippen MR) is 76.6 cm³/mol. The first-order chi connectivity index (χ1) is 9.29. The van der Waals surface area contributed by atoms with Gasteiger partial charge in [-0.25, -0.2) is 8.42 Å². The summed E-state index contributed by atoms with van der Waals surface area (Å²) in [6.45, 7) is 2.48. The third kappa shape index (κ3) is 2.23. The Labute approximate surface area is 123 Å². The van der Waals surface area contributed by atoms with Crippen LogP contribution in [-0.2, 0) is 16.4 Å². The lowest BCUT2D eigenvalue weighted by Gasteiger charge is -2.24. The lowest BCUT2D eigenvalue weighted by atomic mass is 10.1. The topological polar surface area (TPSA) is 54.5 Å². The fourth-order valence-electron chi connectivity index (χ4n) is 2.86. The van der Waals surface area contributed by atoms with E-state index >= 15 is 0 Å². The number of nitrogens with zero attached hydrogens (tertiary/aromatic N) is 1. The molecule has 1 aliphatic carbocycles. The highest BCUT2D eigenvalue weighted by Gasteiger charge is 2.40. The maximum atomic E-state index is 12.6. The van der Waals surface area contributed by atoms with Crippen molar-refractivity contribution in [1.82, 2.24) is 4.90 Å². The highest BCUT2D eigenvalue weighted by Crippen LogP contribution is 2.40. The third-order valence-electron chi connectivity index (χ3n) is 4.16. The fourth-order valence-corrected chi connectivity index (χ4v) is 4.09. The van der Waals surface area contributed by atoms with Crippen LogP contribution in [-0.4, -0.2) is 31.5 Å². The number of rotatable bonds is 3. The maximum absolute atomic E-state index is 12.6. The number of amides is 1. The molecule has 1 fully saturated rings. The molecular formula is C14H16ClNO3S. The van der Waals surface area contributed by atoms with Gasteiger partial charge < -0.3 is 4.90 Å². The molecule has 0 N–H and O–H groups in total. The zero-order chi connectivity index (χ0) is 14.7. The SMILES string of the molecule is C[C@@H](C1CC1)N1Cc2cc(Cl)cc(S(C)(=O)=O)c2C1=O. The van der Waals surface area contributed by atoms with E-state index in [0.29, 0.717) is 23.0 Å². The summed E-state index contributed by atoms with van der Waals surface area (Å²) in [5.41, 5.74) is 1.03. The summed E-state index contributed by atoms with van der Waals surface area (Å²) in [5.74, 6) is 0.363. The van der Waals surface area contributed by atoms with Crippen molar-refractivity contribution in [1.29, 1.82) is 0 Å². The first kappa shape index (κ1) is 13.9. The molecule has 1 aromatic carbocycles. The quantitative estimate of drug-likeness (QED) is 0.861. The molecule has 1 aliphatic heterocycles. The van der Waals surface area contributed by atoms with Crippen molar-refractivity contribution >= 4 is 27.3 Å². The predicted octanol–water partition coefficient (Wildman–Crippen LogP) is 2.50. The number of benzene rings is 1. The van der Waals surface area contributed by atoms with Gasteiger partial charge in [0.25, 0.3) is 5.91 Å². The van der Waals surface area contributed by atoms with Crippen LogP contribution in [0.5, 0.6) is 0 Å². The van der Waals surface area contributed by atoms with Crippen molar-refractivity contribution in [3.05, 3.63) is 28.3 Å². The van der Waals surface area contributed by atoms with Gasteiger partial charge in [0.05, 0.1) is 10.5 Å². The Morgan fingerprint density at radius 3 is 2.55 bits per heavy atom. The Balaban J connectivity index is 2.08.